The Kier molecular flexibility index (Phi) is 6.70. The zero-order valence-corrected chi connectivity index (χ0v) is 17.0. The third-order valence-electron chi connectivity index (χ3n) is 4.98. The van der Waals surface area contributed by atoms with Crippen LogP contribution in [0.5, 0.6) is 0 Å². The molecule has 0 aromatic heterocycles. The molecule has 0 saturated carbocycles. The SMILES string of the molecule is Cc1cccc(NS(=O)(=O)c2cccc(C(=O)NCCC[NH+]3CCCC3)c2)c1. The van der Waals surface area contributed by atoms with Gasteiger partial charge in [-0.3, -0.25) is 9.52 Å². The molecule has 0 bridgehead atoms. The second-order valence-corrected chi connectivity index (χ2v) is 9.00. The van der Waals surface area contributed by atoms with Crippen molar-refractivity contribution in [2.75, 3.05) is 30.9 Å². The van der Waals surface area contributed by atoms with E-state index in [0.29, 0.717) is 17.8 Å². The maximum Gasteiger partial charge on any atom is 0.261 e. The highest BCUT2D eigenvalue weighted by Crippen LogP contribution is 2.18. The zero-order valence-electron chi connectivity index (χ0n) is 16.2. The number of hydrogen-bond acceptors (Lipinski definition) is 3. The number of hydrogen-bond donors (Lipinski definition) is 3. The van der Waals surface area contributed by atoms with Gasteiger partial charge in [0, 0.05) is 37.1 Å². The summed E-state index contributed by atoms with van der Waals surface area (Å²) in [5, 5.41) is 2.89. The summed E-state index contributed by atoms with van der Waals surface area (Å²) in [5.41, 5.74) is 1.81. The summed E-state index contributed by atoms with van der Waals surface area (Å²) >= 11 is 0. The van der Waals surface area contributed by atoms with E-state index in [-0.39, 0.29) is 10.8 Å². The van der Waals surface area contributed by atoms with Crippen molar-refractivity contribution >= 4 is 21.6 Å². The first kappa shape index (κ1) is 20.4. The van der Waals surface area contributed by atoms with Gasteiger partial charge in [0.2, 0.25) is 0 Å². The third-order valence-corrected chi connectivity index (χ3v) is 6.36. The van der Waals surface area contributed by atoms with Crippen LogP contribution in [0, 0.1) is 6.92 Å². The predicted octanol–water partition coefficient (Wildman–Crippen LogP) is 1.59. The van der Waals surface area contributed by atoms with Crippen molar-refractivity contribution in [1.82, 2.24) is 5.32 Å². The molecule has 2 aromatic carbocycles. The summed E-state index contributed by atoms with van der Waals surface area (Å²) < 4.78 is 27.9. The largest absolute Gasteiger partial charge is 0.352 e. The van der Waals surface area contributed by atoms with Gasteiger partial charge in [0.15, 0.2) is 0 Å². The van der Waals surface area contributed by atoms with E-state index in [1.54, 1.807) is 35.2 Å². The first-order valence-electron chi connectivity index (χ1n) is 9.75. The fourth-order valence-electron chi connectivity index (χ4n) is 3.49. The second-order valence-electron chi connectivity index (χ2n) is 7.32. The number of carbonyl (C=O) groups is 1. The van der Waals surface area contributed by atoms with Gasteiger partial charge in [0.05, 0.1) is 24.5 Å². The van der Waals surface area contributed by atoms with Gasteiger partial charge in [-0.25, -0.2) is 8.42 Å². The van der Waals surface area contributed by atoms with E-state index in [9.17, 15) is 13.2 Å². The van der Waals surface area contributed by atoms with Crippen molar-refractivity contribution in [3.8, 4) is 0 Å². The molecule has 1 aliphatic heterocycles. The summed E-state index contributed by atoms with van der Waals surface area (Å²) in [5.74, 6) is -0.246. The average Bonchev–Trinajstić information content (AvgIpc) is 3.18. The van der Waals surface area contributed by atoms with E-state index < -0.39 is 10.0 Å². The quantitative estimate of drug-likeness (QED) is 0.587. The molecule has 0 atom stereocenters. The average molecular weight is 403 g/mol. The highest BCUT2D eigenvalue weighted by molar-refractivity contribution is 7.92. The second kappa shape index (κ2) is 9.21. The molecule has 3 N–H and O–H groups in total. The summed E-state index contributed by atoms with van der Waals surface area (Å²) in [6.07, 6.45) is 3.51. The molecule has 0 unspecified atom stereocenters. The first-order valence-corrected chi connectivity index (χ1v) is 11.2. The maximum absolute atomic E-state index is 12.6. The minimum atomic E-state index is -3.76. The smallest absolute Gasteiger partial charge is 0.261 e. The molecular weight excluding hydrogens is 374 g/mol. The molecule has 1 heterocycles. The molecular formula is C21H28N3O3S+. The summed E-state index contributed by atoms with van der Waals surface area (Å²) in [6, 6.07) is 13.3. The summed E-state index contributed by atoms with van der Waals surface area (Å²) in [7, 11) is -3.76. The molecule has 7 heteroatoms. The van der Waals surface area contributed by atoms with Gasteiger partial charge < -0.3 is 10.2 Å². The highest BCUT2D eigenvalue weighted by atomic mass is 32.2. The monoisotopic (exact) mass is 402 g/mol. The standard InChI is InChI=1S/C21H27N3O3S/c1-17-7-4-9-19(15-17)23-28(26,27)20-10-5-8-18(16-20)21(25)22-11-6-14-24-12-2-3-13-24/h4-5,7-10,15-16,23H,2-3,6,11-14H2,1H3,(H,22,25)/p+1. The topological polar surface area (TPSA) is 79.7 Å². The Labute approximate surface area is 167 Å². The molecule has 6 nitrogen and oxygen atoms in total. The fourth-order valence-corrected chi connectivity index (χ4v) is 4.59. The van der Waals surface area contributed by atoms with Crippen LogP contribution >= 0.6 is 0 Å². The predicted molar refractivity (Wildman–Crippen MR) is 110 cm³/mol. The number of carbonyl (C=O) groups excluding carboxylic acids is 1. The Morgan fingerprint density at radius 1 is 1.07 bits per heavy atom. The van der Waals surface area contributed by atoms with Crippen LogP contribution < -0.4 is 14.9 Å². The Hall–Kier alpha value is -2.38. The van der Waals surface area contributed by atoms with Crippen LogP contribution in [0.25, 0.3) is 0 Å². The molecule has 0 spiro atoms. The first-order chi connectivity index (χ1) is 13.4. The van der Waals surface area contributed by atoms with Gasteiger partial charge in [0.1, 0.15) is 0 Å². The number of rotatable bonds is 8. The van der Waals surface area contributed by atoms with Crippen LogP contribution in [-0.2, 0) is 10.0 Å². The van der Waals surface area contributed by atoms with E-state index in [1.165, 1.54) is 38.1 Å². The van der Waals surface area contributed by atoms with Crippen molar-refractivity contribution in [1.29, 1.82) is 0 Å². The van der Waals surface area contributed by atoms with Crippen molar-refractivity contribution in [2.45, 2.75) is 31.1 Å². The van der Waals surface area contributed by atoms with Crippen molar-refractivity contribution in [3.05, 3.63) is 59.7 Å². The number of sulfonamides is 1. The molecule has 0 aliphatic carbocycles. The van der Waals surface area contributed by atoms with E-state index in [4.69, 9.17) is 0 Å². The number of nitrogens with one attached hydrogen (secondary N) is 3. The molecule has 1 aliphatic rings. The molecule has 1 amide bonds. The number of amides is 1. The molecule has 2 aromatic rings. The number of anilines is 1. The highest BCUT2D eigenvalue weighted by Gasteiger charge is 2.17. The lowest BCUT2D eigenvalue weighted by molar-refractivity contribution is -0.887. The molecule has 3 rings (SSSR count). The van der Waals surface area contributed by atoms with Crippen molar-refractivity contribution in [2.24, 2.45) is 0 Å². The molecule has 1 saturated heterocycles. The number of benzene rings is 2. The van der Waals surface area contributed by atoms with Gasteiger partial charge in [-0.1, -0.05) is 18.2 Å². The Balaban J connectivity index is 1.59. The van der Waals surface area contributed by atoms with E-state index in [0.717, 1.165) is 18.5 Å². The zero-order chi connectivity index (χ0) is 20.0. The third kappa shape index (κ3) is 5.56. The number of likely N-dealkylation sites (tertiary alicyclic amines) is 1. The van der Waals surface area contributed by atoms with Crippen molar-refractivity contribution in [3.63, 3.8) is 0 Å². The molecule has 28 heavy (non-hydrogen) atoms. The minimum absolute atomic E-state index is 0.0724. The lowest BCUT2D eigenvalue weighted by Gasteiger charge is -2.12. The van der Waals surface area contributed by atoms with Crippen LogP contribution in [-0.4, -0.2) is 40.5 Å². The molecule has 0 radical (unpaired) electrons. The Morgan fingerprint density at radius 2 is 1.82 bits per heavy atom. The number of quaternary nitrogens is 1. The Bertz CT molecular complexity index is 922. The fraction of sp³-hybridized carbons (Fsp3) is 0.381. The van der Waals surface area contributed by atoms with E-state index in [1.807, 2.05) is 13.0 Å². The number of aryl methyl sites for hydroxylation is 1. The lowest BCUT2D eigenvalue weighted by Crippen LogP contribution is -3.10. The summed E-state index contributed by atoms with van der Waals surface area (Å²) in [6.45, 7) is 6.01. The van der Waals surface area contributed by atoms with E-state index >= 15 is 0 Å². The normalized spacial score (nSPS) is 14.8. The van der Waals surface area contributed by atoms with Crippen LogP contribution in [0.2, 0.25) is 0 Å². The minimum Gasteiger partial charge on any atom is -0.352 e. The molecule has 1 fully saturated rings. The summed E-state index contributed by atoms with van der Waals surface area (Å²) in [4.78, 5) is 14.1. The van der Waals surface area contributed by atoms with Gasteiger partial charge >= 0.3 is 0 Å². The van der Waals surface area contributed by atoms with Crippen LogP contribution in [0.3, 0.4) is 0 Å². The van der Waals surface area contributed by atoms with Gasteiger partial charge in [0.25, 0.3) is 15.9 Å². The maximum atomic E-state index is 12.6. The molecule has 150 valence electrons. The lowest BCUT2D eigenvalue weighted by atomic mass is 10.2. The van der Waals surface area contributed by atoms with Gasteiger partial charge in [-0.05, 0) is 42.8 Å². The van der Waals surface area contributed by atoms with Gasteiger partial charge in [-0.15, -0.1) is 0 Å². The van der Waals surface area contributed by atoms with Gasteiger partial charge in [-0.2, -0.15) is 0 Å². The van der Waals surface area contributed by atoms with Crippen LogP contribution in [0.4, 0.5) is 5.69 Å². The van der Waals surface area contributed by atoms with E-state index in [2.05, 4.69) is 10.0 Å². The Morgan fingerprint density at radius 3 is 2.57 bits per heavy atom. The van der Waals surface area contributed by atoms with Crippen LogP contribution in [0.15, 0.2) is 53.4 Å². The van der Waals surface area contributed by atoms with Crippen molar-refractivity contribution < 1.29 is 18.1 Å². The van der Waals surface area contributed by atoms with Crippen LogP contribution in [0.1, 0.15) is 35.2 Å².